The number of hydrogen-bond acceptors (Lipinski definition) is 3. The second kappa shape index (κ2) is 6.69. The Morgan fingerprint density at radius 2 is 1.90 bits per heavy atom. The highest BCUT2D eigenvalue weighted by atomic mass is 16.6. The molecular weight excluding hydrogens is 358 g/mol. The maximum Gasteiger partial charge on any atom is 0.136 e. The van der Waals surface area contributed by atoms with Crippen LogP contribution in [0.1, 0.15) is 91.4 Å². The summed E-state index contributed by atoms with van der Waals surface area (Å²) >= 11 is 0. The molecule has 5 aliphatic carbocycles. The molecule has 5 rings (SSSR count). The molecule has 7 atom stereocenters. The molecule has 0 spiro atoms. The zero-order chi connectivity index (χ0) is 20.4. The van der Waals surface area contributed by atoms with Gasteiger partial charge in [-0.15, -0.1) is 0 Å². The molecule has 0 amide bonds. The predicted molar refractivity (Wildman–Crippen MR) is 117 cm³/mol. The van der Waals surface area contributed by atoms with E-state index in [9.17, 15) is 4.79 Å². The smallest absolute Gasteiger partial charge is 0.136 e. The van der Waals surface area contributed by atoms with Crippen molar-refractivity contribution in [3.8, 4) is 0 Å². The Balaban J connectivity index is 1.50. The lowest BCUT2D eigenvalue weighted by atomic mass is 9.44. The van der Waals surface area contributed by atoms with Crippen molar-refractivity contribution in [3.05, 3.63) is 11.6 Å². The first-order valence-electron chi connectivity index (χ1n) is 12.2. The van der Waals surface area contributed by atoms with Gasteiger partial charge in [-0.05, 0) is 105 Å². The van der Waals surface area contributed by atoms with Gasteiger partial charge in [0.15, 0.2) is 0 Å². The van der Waals surface area contributed by atoms with Gasteiger partial charge in [-0.25, -0.2) is 0 Å². The monoisotopic (exact) mass is 397 g/mol. The fraction of sp³-hybridized carbons (Fsp3) is 0.846. The number of hydrogen-bond donors (Lipinski definition) is 0. The average Bonchev–Trinajstić information content (AvgIpc) is 2.98. The van der Waals surface area contributed by atoms with Crippen molar-refractivity contribution in [3.63, 3.8) is 0 Å². The van der Waals surface area contributed by atoms with Crippen LogP contribution in [0.15, 0.2) is 16.8 Å². The van der Waals surface area contributed by atoms with Crippen molar-refractivity contribution >= 4 is 11.5 Å². The molecule has 5 aliphatic rings. The summed E-state index contributed by atoms with van der Waals surface area (Å²) in [5.74, 6) is 3.51. The third-order valence-corrected chi connectivity index (χ3v) is 10.8. The van der Waals surface area contributed by atoms with E-state index in [1.807, 2.05) is 6.92 Å². The SMILES string of the molecule is CO/N=C1\C=C2CC[C@H]3[C@H](CC[C@@]4(C)[C@H]3C[C@@H]3CCCC[C@@]34C(C)=O)[C@@]2(C)CC1. The van der Waals surface area contributed by atoms with Crippen LogP contribution in [0.2, 0.25) is 0 Å². The van der Waals surface area contributed by atoms with Gasteiger partial charge in [-0.3, -0.25) is 4.79 Å². The van der Waals surface area contributed by atoms with Crippen molar-refractivity contribution in [2.24, 2.45) is 45.1 Å². The first kappa shape index (κ1) is 19.8. The van der Waals surface area contributed by atoms with Gasteiger partial charge in [-0.2, -0.15) is 0 Å². The fourth-order valence-corrected chi connectivity index (χ4v) is 9.56. The maximum atomic E-state index is 13.2. The summed E-state index contributed by atoms with van der Waals surface area (Å²) in [6.45, 7) is 7.02. The van der Waals surface area contributed by atoms with Gasteiger partial charge >= 0.3 is 0 Å². The fourth-order valence-electron chi connectivity index (χ4n) is 9.56. The van der Waals surface area contributed by atoms with E-state index in [-0.39, 0.29) is 10.8 Å². The van der Waals surface area contributed by atoms with Crippen LogP contribution in [-0.2, 0) is 9.63 Å². The molecule has 0 bridgehead atoms. The molecular formula is C26H39NO2. The number of oxime groups is 1. The molecule has 29 heavy (non-hydrogen) atoms. The van der Waals surface area contributed by atoms with Crippen molar-refractivity contribution in [2.45, 2.75) is 91.4 Å². The molecule has 0 aliphatic heterocycles. The Hall–Kier alpha value is -1.12. The van der Waals surface area contributed by atoms with Crippen LogP contribution >= 0.6 is 0 Å². The van der Waals surface area contributed by atoms with Gasteiger partial charge < -0.3 is 4.84 Å². The summed E-state index contributed by atoms with van der Waals surface area (Å²) in [5, 5.41) is 4.25. The van der Waals surface area contributed by atoms with E-state index >= 15 is 0 Å². The van der Waals surface area contributed by atoms with E-state index < -0.39 is 0 Å². The van der Waals surface area contributed by atoms with Crippen molar-refractivity contribution in [2.75, 3.05) is 7.11 Å². The zero-order valence-electron chi connectivity index (χ0n) is 18.9. The molecule has 3 heteroatoms. The summed E-state index contributed by atoms with van der Waals surface area (Å²) in [6, 6.07) is 0. The maximum absolute atomic E-state index is 13.2. The normalized spacial score (nSPS) is 50.1. The topological polar surface area (TPSA) is 38.7 Å². The standard InChI is InChI=1S/C26H39NO2/c1-17(28)26-12-6-5-7-19(26)16-23-21-9-8-18-15-20(27-29-4)10-13-24(18,2)22(21)11-14-25(23,26)3/h15,19,21-23H,5-14,16H2,1-4H3/b27-20-/t19-,21-,22-,23-,24-,25-,26+/m0/s1. The van der Waals surface area contributed by atoms with Crippen LogP contribution in [-0.4, -0.2) is 18.6 Å². The summed E-state index contributed by atoms with van der Waals surface area (Å²) in [6.07, 6.45) is 16.1. The number of fused-ring (bicyclic) bond motifs is 7. The molecule has 0 radical (unpaired) electrons. The van der Waals surface area contributed by atoms with E-state index in [1.165, 1.54) is 57.8 Å². The van der Waals surface area contributed by atoms with E-state index in [0.717, 1.165) is 36.3 Å². The van der Waals surface area contributed by atoms with Crippen molar-refractivity contribution in [1.82, 2.24) is 0 Å². The molecule has 0 heterocycles. The Labute approximate surface area is 176 Å². The summed E-state index contributed by atoms with van der Waals surface area (Å²) in [4.78, 5) is 18.2. The Morgan fingerprint density at radius 3 is 2.66 bits per heavy atom. The van der Waals surface area contributed by atoms with E-state index in [4.69, 9.17) is 4.84 Å². The van der Waals surface area contributed by atoms with Gasteiger partial charge in [0.05, 0.1) is 5.71 Å². The van der Waals surface area contributed by atoms with Gasteiger partial charge in [0.25, 0.3) is 0 Å². The minimum absolute atomic E-state index is 0.0111. The summed E-state index contributed by atoms with van der Waals surface area (Å²) in [5.41, 5.74) is 3.30. The lowest BCUT2D eigenvalue weighted by Gasteiger charge is -2.60. The van der Waals surface area contributed by atoms with E-state index in [2.05, 4.69) is 25.1 Å². The highest BCUT2D eigenvalue weighted by Gasteiger charge is 2.69. The second-order valence-electron chi connectivity index (χ2n) is 11.4. The van der Waals surface area contributed by atoms with Crippen LogP contribution in [0.4, 0.5) is 0 Å². The highest BCUT2D eigenvalue weighted by Crippen LogP contribution is 2.74. The number of ketones is 1. The summed E-state index contributed by atoms with van der Waals surface area (Å²) in [7, 11) is 1.66. The average molecular weight is 398 g/mol. The Morgan fingerprint density at radius 1 is 1.07 bits per heavy atom. The van der Waals surface area contributed by atoms with Crippen LogP contribution in [0.3, 0.4) is 0 Å². The van der Waals surface area contributed by atoms with Crippen molar-refractivity contribution in [1.29, 1.82) is 0 Å². The van der Waals surface area contributed by atoms with E-state index in [1.54, 1.807) is 12.7 Å². The molecule has 160 valence electrons. The highest BCUT2D eigenvalue weighted by molar-refractivity contribution is 5.96. The number of Topliss-reactive ketones (excluding diaryl/α,β-unsaturated/α-hetero) is 1. The molecule has 0 N–H and O–H groups in total. The first-order chi connectivity index (χ1) is 13.9. The number of rotatable bonds is 2. The van der Waals surface area contributed by atoms with Gasteiger partial charge in [0.2, 0.25) is 0 Å². The molecule has 0 aromatic rings. The second-order valence-corrected chi connectivity index (χ2v) is 11.4. The molecule has 3 nitrogen and oxygen atoms in total. The zero-order valence-corrected chi connectivity index (χ0v) is 18.9. The van der Waals surface area contributed by atoms with Crippen molar-refractivity contribution < 1.29 is 9.63 Å². The number of carbonyl (C=O) groups excluding carboxylic acids is 1. The molecule has 0 aromatic carbocycles. The third kappa shape index (κ3) is 2.48. The molecule has 4 fully saturated rings. The molecule has 4 saturated carbocycles. The first-order valence-corrected chi connectivity index (χ1v) is 12.2. The molecule has 0 unspecified atom stereocenters. The molecule has 0 saturated heterocycles. The third-order valence-electron chi connectivity index (χ3n) is 10.8. The lowest BCUT2D eigenvalue weighted by molar-refractivity contribution is -0.147. The largest absolute Gasteiger partial charge is 0.399 e. The lowest BCUT2D eigenvalue weighted by Crippen LogP contribution is -2.55. The van der Waals surface area contributed by atoms with Crippen LogP contribution < -0.4 is 0 Å². The van der Waals surface area contributed by atoms with Crippen LogP contribution in [0.25, 0.3) is 0 Å². The Bertz CT molecular complexity index is 769. The molecule has 0 aromatic heterocycles. The predicted octanol–water partition coefficient (Wildman–Crippen LogP) is 6.33. The minimum Gasteiger partial charge on any atom is -0.399 e. The number of nitrogens with zero attached hydrogens (tertiary/aromatic N) is 1. The summed E-state index contributed by atoms with van der Waals surface area (Å²) < 4.78 is 0. The Kier molecular flexibility index (Phi) is 4.57. The quantitative estimate of drug-likeness (QED) is 0.511. The van der Waals surface area contributed by atoms with Gasteiger partial charge in [0.1, 0.15) is 12.9 Å². The van der Waals surface area contributed by atoms with Crippen LogP contribution in [0, 0.1) is 39.9 Å². The number of carbonyl (C=O) groups is 1. The minimum atomic E-state index is -0.0111. The van der Waals surface area contributed by atoms with Crippen LogP contribution in [0.5, 0.6) is 0 Å². The number of allylic oxidation sites excluding steroid dienone is 2. The van der Waals surface area contributed by atoms with Gasteiger partial charge in [0, 0.05) is 5.41 Å². The van der Waals surface area contributed by atoms with E-state index in [0.29, 0.717) is 17.1 Å². The van der Waals surface area contributed by atoms with Gasteiger partial charge in [-0.1, -0.05) is 37.4 Å².